The Kier molecular flexibility index (Phi) is 5.43. The second-order valence-corrected chi connectivity index (χ2v) is 10.8. The molecule has 1 fully saturated rings. The first-order valence-electron chi connectivity index (χ1n) is 12.0. The van der Waals surface area contributed by atoms with Crippen LogP contribution in [0.4, 0.5) is 4.39 Å². The number of H-pyrrole nitrogens is 1. The number of rotatable bonds is 5. The molecule has 0 atom stereocenters. The van der Waals surface area contributed by atoms with Gasteiger partial charge in [-0.1, -0.05) is 13.8 Å². The van der Waals surface area contributed by atoms with Crippen LogP contribution in [0, 0.1) is 22.6 Å². The summed E-state index contributed by atoms with van der Waals surface area (Å²) in [4.78, 5) is 11.9. The first-order chi connectivity index (χ1) is 16.6. The molecule has 0 amide bonds. The standard InChI is InChI=1S/C28H29FN4O2/c1-27(2,12-13-30)25-24(17-8-10-28(3,11-9-17)26(34)35)21-15-22-18(16-31-32-22)14-23(21)33(25)20-6-4-19(29)5-7-20/h4-7,14-17H,8-12H2,1-3H3,(H,31,32)(H,34,35). The van der Waals surface area contributed by atoms with Gasteiger partial charge >= 0.3 is 5.97 Å². The first kappa shape index (κ1) is 23.1. The molecule has 0 saturated heterocycles. The summed E-state index contributed by atoms with van der Waals surface area (Å²) >= 11 is 0. The smallest absolute Gasteiger partial charge is 0.309 e. The molecule has 0 spiro atoms. The van der Waals surface area contributed by atoms with Crippen molar-refractivity contribution in [2.75, 3.05) is 0 Å². The van der Waals surface area contributed by atoms with Crippen molar-refractivity contribution in [2.45, 2.75) is 64.2 Å². The third-order valence-electron chi connectivity index (χ3n) is 7.83. The lowest BCUT2D eigenvalue weighted by Crippen LogP contribution is -2.32. The molecule has 4 aromatic rings. The fourth-order valence-corrected chi connectivity index (χ4v) is 5.73. The van der Waals surface area contributed by atoms with E-state index in [1.54, 1.807) is 18.3 Å². The molecule has 35 heavy (non-hydrogen) atoms. The number of aliphatic carboxylic acids is 1. The van der Waals surface area contributed by atoms with Crippen molar-refractivity contribution in [3.05, 3.63) is 59.7 Å². The molecular weight excluding hydrogens is 443 g/mol. The van der Waals surface area contributed by atoms with E-state index >= 15 is 0 Å². The Morgan fingerprint density at radius 1 is 1.29 bits per heavy atom. The van der Waals surface area contributed by atoms with E-state index in [-0.39, 0.29) is 11.7 Å². The average molecular weight is 473 g/mol. The van der Waals surface area contributed by atoms with Crippen LogP contribution in [-0.4, -0.2) is 25.8 Å². The molecule has 1 aliphatic rings. The van der Waals surface area contributed by atoms with E-state index in [1.165, 1.54) is 12.1 Å². The molecule has 2 aromatic carbocycles. The van der Waals surface area contributed by atoms with Gasteiger partial charge in [0, 0.05) is 34.0 Å². The second kappa shape index (κ2) is 8.23. The second-order valence-electron chi connectivity index (χ2n) is 10.8. The quantitative estimate of drug-likeness (QED) is 0.343. The maximum absolute atomic E-state index is 13.9. The van der Waals surface area contributed by atoms with E-state index in [0.717, 1.165) is 51.6 Å². The number of carboxylic acids is 1. The number of aromatic amines is 1. The van der Waals surface area contributed by atoms with E-state index in [1.807, 2.05) is 6.92 Å². The van der Waals surface area contributed by atoms with Crippen molar-refractivity contribution in [1.29, 1.82) is 5.26 Å². The van der Waals surface area contributed by atoms with Gasteiger partial charge in [-0.3, -0.25) is 9.89 Å². The Labute approximate surface area is 203 Å². The summed E-state index contributed by atoms with van der Waals surface area (Å²) in [6, 6.07) is 13.0. The number of hydrogen-bond acceptors (Lipinski definition) is 3. The molecule has 2 N–H and O–H groups in total. The lowest BCUT2D eigenvalue weighted by Gasteiger charge is -2.36. The average Bonchev–Trinajstić information content (AvgIpc) is 3.41. The van der Waals surface area contributed by atoms with Crippen LogP contribution >= 0.6 is 0 Å². The zero-order valence-electron chi connectivity index (χ0n) is 20.2. The molecule has 0 aliphatic heterocycles. The van der Waals surface area contributed by atoms with Gasteiger partial charge in [-0.2, -0.15) is 10.4 Å². The summed E-state index contributed by atoms with van der Waals surface area (Å²) in [5.41, 5.74) is 3.72. The van der Waals surface area contributed by atoms with E-state index in [2.05, 4.69) is 46.8 Å². The lowest BCUT2D eigenvalue weighted by molar-refractivity contribution is -0.149. The largest absolute Gasteiger partial charge is 0.481 e. The number of nitrogens with zero attached hydrogens (tertiary/aromatic N) is 3. The highest BCUT2D eigenvalue weighted by molar-refractivity contribution is 5.99. The lowest BCUT2D eigenvalue weighted by atomic mass is 9.68. The number of hydrogen-bond donors (Lipinski definition) is 2. The Hall–Kier alpha value is -3.66. The predicted molar refractivity (Wildman–Crippen MR) is 133 cm³/mol. The monoisotopic (exact) mass is 472 g/mol. The fraction of sp³-hybridized carbons (Fsp3) is 0.393. The number of nitriles is 1. The van der Waals surface area contributed by atoms with Crippen molar-refractivity contribution in [1.82, 2.24) is 14.8 Å². The summed E-state index contributed by atoms with van der Waals surface area (Å²) in [6.07, 6.45) is 4.80. The zero-order chi connectivity index (χ0) is 25.0. The summed E-state index contributed by atoms with van der Waals surface area (Å²) in [5.74, 6) is -0.894. The van der Waals surface area contributed by atoms with Gasteiger partial charge in [0.05, 0.1) is 28.7 Å². The predicted octanol–water partition coefficient (Wildman–Crippen LogP) is 6.59. The molecule has 2 heterocycles. The molecule has 180 valence electrons. The Morgan fingerprint density at radius 2 is 1.97 bits per heavy atom. The minimum atomic E-state index is -0.742. The number of carbonyl (C=O) groups is 1. The number of aromatic nitrogens is 3. The van der Waals surface area contributed by atoms with Crippen LogP contribution in [-0.2, 0) is 10.2 Å². The SMILES string of the molecule is CC1(C(=O)O)CCC(c2c(C(C)(C)CC#N)n(-c3ccc(F)cc3)c3cc4cn[nH]c4cc23)CC1. The van der Waals surface area contributed by atoms with Gasteiger partial charge in [0.1, 0.15) is 5.82 Å². The Bertz CT molecular complexity index is 1460. The van der Waals surface area contributed by atoms with Gasteiger partial charge in [-0.25, -0.2) is 4.39 Å². The molecular formula is C28H29FN4O2. The van der Waals surface area contributed by atoms with E-state index in [0.29, 0.717) is 19.3 Å². The number of nitrogens with one attached hydrogen (secondary N) is 1. The van der Waals surface area contributed by atoms with E-state index < -0.39 is 16.8 Å². The van der Waals surface area contributed by atoms with Crippen LogP contribution in [0.5, 0.6) is 0 Å². The number of fused-ring (bicyclic) bond motifs is 2. The van der Waals surface area contributed by atoms with Gasteiger partial charge in [-0.15, -0.1) is 0 Å². The summed E-state index contributed by atoms with van der Waals surface area (Å²) < 4.78 is 16.0. The van der Waals surface area contributed by atoms with Crippen LogP contribution < -0.4 is 0 Å². The third kappa shape index (κ3) is 3.78. The number of carboxylic acid groups (broad SMARTS) is 1. The van der Waals surface area contributed by atoms with Crippen molar-refractivity contribution in [3.63, 3.8) is 0 Å². The van der Waals surface area contributed by atoms with E-state index in [4.69, 9.17) is 0 Å². The molecule has 1 aliphatic carbocycles. The third-order valence-corrected chi connectivity index (χ3v) is 7.83. The number of halogens is 1. The van der Waals surface area contributed by atoms with Crippen LogP contribution in [0.1, 0.15) is 70.1 Å². The topological polar surface area (TPSA) is 94.7 Å². The molecule has 0 bridgehead atoms. The minimum absolute atomic E-state index is 0.153. The highest BCUT2D eigenvalue weighted by Crippen LogP contribution is 2.50. The van der Waals surface area contributed by atoms with Gasteiger partial charge in [0.25, 0.3) is 0 Å². The molecule has 6 nitrogen and oxygen atoms in total. The highest BCUT2D eigenvalue weighted by Gasteiger charge is 2.41. The normalized spacial score (nSPS) is 20.8. The minimum Gasteiger partial charge on any atom is -0.481 e. The fourth-order valence-electron chi connectivity index (χ4n) is 5.73. The summed E-state index contributed by atoms with van der Waals surface area (Å²) in [6.45, 7) is 5.99. The Balaban J connectivity index is 1.82. The molecule has 0 unspecified atom stereocenters. The Morgan fingerprint density at radius 3 is 2.60 bits per heavy atom. The summed E-state index contributed by atoms with van der Waals surface area (Å²) in [7, 11) is 0. The number of benzene rings is 2. The van der Waals surface area contributed by atoms with E-state index in [9.17, 15) is 19.6 Å². The maximum atomic E-state index is 13.9. The molecule has 1 saturated carbocycles. The van der Waals surface area contributed by atoms with Crippen LogP contribution in [0.25, 0.3) is 27.5 Å². The highest BCUT2D eigenvalue weighted by atomic mass is 19.1. The van der Waals surface area contributed by atoms with Crippen LogP contribution in [0.2, 0.25) is 0 Å². The summed E-state index contributed by atoms with van der Waals surface area (Å²) in [5, 5.41) is 28.8. The molecule has 0 radical (unpaired) electrons. The zero-order valence-corrected chi connectivity index (χ0v) is 20.2. The van der Waals surface area contributed by atoms with Gasteiger partial charge in [0.2, 0.25) is 0 Å². The van der Waals surface area contributed by atoms with Crippen molar-refractivity contribution in [3.8, 4) is 11.8 Å². The molecule has 5 rings (SSSR count). The molecule has 7 heteroatoms. The maximum Gasteiger partial charge on any atom is 0.309 e. The molecule has 2 aromatic heterocycles. The van der Waals surface area contributed by atoms with Crippen LogP contribution in [0.15, 0.2) is 42.6 Å². The van der Waals surface area contributed by atoms with Gasteiger partial charge in [-0.05, 0) is 80.5 Å². The van der Waals surface area contributed by atoms with Crippen molar-refractivity contribution >= 4 is 27.8 Å². The first-order valence-corrected chi connectivity index (χ1v) is 12.0. The van der Waals surface area contributed by atoms with Crippen molar-refractivity contribution in [2.24, 2.45) is 5.41 Å². The van der Waals surface area contributed by atoms with Crippen molar-refractivity contribution < 1.29 is 14.3 Å². The van der Waals surface area contributed by atoms with Gasteiger partial charge in [0.15, 0.2) is 0 Å². The van der Waals surface area contributed by atoms with Gasteiger partial charge < -0.3 is 9.67 Å². The van der Waals surface area contributed by atoms with Crippen LogP contribution in [0.3, 0.4) is 0 Å².